The van der Waals surface area contributed by atoms with Gasteiger partial charge in [0.1, 0.15) is 0 Å². The Morgan fingerprint density at radius 1 is 1.29 bits per heavy atom. The van der Waals surface area contributed by atoms with Crippen molar-refractivity contribution in [1.29, 1.82) is 0 Å². The first-order valence-corrected chi connectivity index (χ1v) is 7.20. The number of hydrogen-bond acceptors (Lipinski definition) is 6. The standard InChI is InChI=1S/C5H10O2S.C3H8OS.CH4O.B.Na.H/c1-3-7-5(6)4-8-2;1-5-3-2-4;1-2;;;/h3-4H2,1-2H3;4H,2-3H2,1H3;2H,1H3;;;/q;;;;+1;-1. The molecule has 0 amide bonds. The summed E-state index contributed by atoms with van der Waals surface area (Å²) >= 11 is 3.13. The summed E-state index contributed by atoms with van der Waals surface area (Å²) in [4.78, 5) is 10.4. The Kier molecular flexibility index (Phi) is 65.3. The molecule has 0 aliphatic heterocycles. The quantitative estimate of drug-likeness (QED) is 0.435. The van der Waals surface area contributed by atoms with Gasteiger partial charge in [-0.1, -0.05) is 0 Å². The van der Waals surface area contributed by atoms with E-state index in [2.05, 4.69) is 4.74 Å². The Morgan fingerprint density at radius 2 is 1.76 bits per heavy atom. The molecule has 8 heteroatoms. The molecule has 0 aromatic rings. The molecule has 0 bridgehead atoms. The number of aliphatic hydroxyl groups excluding tert-OH is 2. The number of thioether (sulfide) groups is 2. The van der Waals surface area contributed by atoms with Crippen molar-refractivity contribution >= 4 is 37.9 Å². The second-order valence-corrected chi connectivity index (χ2v) is 3.81. The third-order valence-electron chi connectivity index (χ3n) is 0.863. The van der Waals surface area contributed by atoms with Crippen LogP contribution in [0.25, 0.3) is 0 Å². The summed E-state index contributed by atoms with van der Waals surface area (Å²) in [5.41, 5.74) is 0. The van der Waals surface area contributed by atoms with Crippen molar-refractivity contribution in [3.8, 4) is 0 Å². The van der Waals surface area contributed by atoms with Crippen LogP contribution in [0, 0.1) is 0 Å². The number of hydrogen-bond donors (Lipinski definition) is 2. The van der Waals surface area contributed by atoms with Crippen molar-refractivity contribution < 1.29 is 50.7 Å². The molecule has 2 N–H and O–H groups in total. The Labute approximate surface area is 139 Å². The topological polar surface area (TPSA) is 66.8 Å². The first-order valence-electron chi connectivity index (χ1n) is 4.41. The van der Waals surface area contributed by atoms with E-state index in [0.717, 1.165) is 12.9 Å². The van der Waals surface area contributed by atoms with Crippen LogP contribution in [0.1, 0.15) is 8.35 Å². The molecule has 0 heterocycles. The van der Waals surface area contributed by atoms with Gasteiger partial charge in [0.05, 0.1) is 19.0 Å². The summed E-state index contributed by atoms with van der Waals surface area (Å²) in [5, 5.41) is 15.0. The molecule has 0 fully saturated rings. The smallest absolute Gasteiger partial charge is 1.00 e. The van der Waals surface area contributed by atoms with E-state index >= 15 is 0 Å². The van der Waals surface area contributed by atoms with Crippen LogP contribution in [-0.2, 0) is 9.53 Å². The zero-order chi connectivity index (χ0) is 12.5. The average Bonchev–Trinajstić information content (AvgIpc) is 2.24. The molecule has 4 nitrogen and oxygen atoms in total. The minimum atomic E-state index is -0.125. The number of carbonyl (C=O) groups is 1. The number of aliphatic hydroxyl groups is 2. The summed E-state index contributed by atoms with van der Waals surface area (Å²) < 4.78 is 4.62. The Bertz CT molecular complexity index is 119. The molecular formula is C9H23BNaO4S2. The van der Waals surface area contributed by atoms with Gasteiger partial charge in [-0.3, -0.25) is 4.79 Å². The molecule has 3 radical (unpaired) electrons. The maximum Gasteiger partial charge on any atom is 1.00 e. The average molecular weight is 293 g/mol. The van der Waals surface area contributed by atoms with Crippen LogP contribution in [-0.4, -0.2) is 68.9 Å². The van der Waals surface area contributed by atoms with Gasteiger partial charge >= 0.3 is 35.5 Å². The van der Waals surface area contributed by atoms with Crippen LogP contribution in [0.15, 0.2) is 0 Å². The van der Waals surface area contributed by atoms with E-state index in [1.54, 1.807) is 18.7 Å². The van der Waals surface area contributed by atoms with Crippen molar-refractivity contribution in [2.75, 3.05) is 44.3 Å². The number of rotatable bonds is 5. The predicted octanol–water partition coefficient (Wildman–Crippen LogP) is -2.40. The van der Waals surface area contributed by atoms with Crippen molar-refractivity contribution in [3.05, 3.63) is 0 Å². The summed E-state index contributed by atoms with van der Waals surface area (Å²) in [7, 11) is 1.00. The molecule has 17 heavy (non-hydrogen) atoms. The first kappa shape index (κ1) is 30.9. The van der Waals surface area contributed by atoms with Crippen LogP contribution in [0.3, 0.4) is 0 Å². The molecule has 0 spiro atoms. The summed E-state index contributed by atoms with van der Waals surface area (Å²) in [6, 6.07) is 0. The summed E-state index contributed by atoms with van der Waals surface area (Å²) in [6.07, 6.45) is 3.84. The van der Waals surface area contributed by atoms with Gasteiger partial charge in [0.25, 0.3) is 0 Å². The van der Waals surface area contributed by atoms with Gasteiger partial charge in [-0.25, -0.2) is 0 Å². The molecular weight excluding hydrogens is 270 g/mol. The Morgan fingerprint density at radius 3 is 1.94 bits per heavy atom. The maximum absolute atomic E-state index is 10.4. The molecule has 99 valence electrons. The zero-order valence-corrected chi connectivity index (χ0v) is 15.1. The fraction of sp³-hybridized carbons (Fsp3) is 0.889. The summed E-state index contributed by atoms with van der Waals surface area (Å²) in [5.74, 6) is 1.20. The molecule has 0 aromatic heterocycles. The monoisotopic (exact) mass is 293 g/mol. The van der Waals surface area contributed by atoms with Gasteiger partial charge in [0.2, 0.25) is 0 Å². The molecule has 0 aliphatic carbocycles. The molecule has 0 unspecified atom stereocenters. The minimum absolute atomic E-state index is 0. The van der Waals surface area contributed by atoms with E-state index in [-0.39, 0.29) is 45.4 Å². The van der Waals surface area contributed by atoms with Crippen LogP contribution < -0.4 is 29.6 Å². The predicted molar refractivity (Wildman–Crippen MR) is 75.5 cm³/mol. The molecule has 0 saturated heterocycles. The van der Waals surface area contributed by atoms with E-state index in [4.69, 9.17) is 10.2 Å². The van der Waals surface area contributed by atoms with Gasteiger partial charge in [0.15, 0.2) is 0 Å². The third kappa shape index (κ3) is 47.0. The molecule has 0 rings (SSSR count). The molecule has 0 aromatic carbocycles. The fourth-order valence-electron chi connectivity index (χ4n) is 0.412. The van der Waals surface area contributed by atoms with Crippen LogP contribution >= 0.6 is 23.5 Å². The second kappa shape index (κ2) is 36.0. The minimum Gasteiger partial charge on any atom is -1.00 e. The normalized spacial score (nSPS) is 6.94. The van der Waals surface area contributed by atoms with Gasteiger partial charge in [-0.15, -0.1) is 0 Å². The van der Waals surface area contributed by atoms with Crippen LogP contribution in [0.5, 0.6) is 0 Å². The summed E-state index contributed by atoms with van der Waals surface area (Å²) in [6.45, 7) is 2.60. The van der Waals surface area contributed by atoms with Crippen molar-refractivity contribution in [2.24, 2.45) is 0 Å². The van der Waals surface area contributed by atoms with Crippen LogP contribution in [0.2, 0.25) is 0 Å². The zero-order valence-electron chi connectivity index (χ0n) is 12.4. The van der Waals surface area contributed by atoms with Gasteiger partial charge in [0, 0.05) is 21.3 Å². The Balaban J connectivity index is -0.0000000321. The molecule has 0 saturated carbocycles. The van der Waals surface area contributed by atoms with Crippen LogP contribution in [0.4, 0.5) is 0 Å². The molecule has 0 aliphatic rings. The SMILES string of the molecule is CCOC(=O)CSC.CO.CSCCO.[B].[H-].[Na+]. The van der Waals surface area contributed by atoms with E-state index in [1.165, 1.54) is 11.8 Å². The number of ether oxygens (including phenoxy) is 1. The number of esters is 1. The first-order chi connectivity index (χ1) is 7.22. The van der Waals surface area contributed by atoms with E-state index in [9.17, 15) is 4.79 Å². The van der Waals surface area contributed by atoms with E-state index < -0.39 is 0 Å². The molecule has 0 atom stereocenters. The third-order valence-corrected chi connectivity index (χ3v) is 1.98. The largest absolute Gasteiger partial charge is 1.00 e. The van der Waals surface area contributed by atoms with E-state index in [1.807, 2.05) is 12.5 Å². The van der Waals surface area contributed by atoms with Gasteiger partial charge in [-0.2, -0.15) is 23.5 Å². The van der Waals surface area contributed by atoms with Crippen molar-refractivity contribution in [3.63, 3.8) is 0 Å². The van der Waals surface area contributed by atoms with Crippen molar-refractivity contribution in [2.45, 2.75) is 6.92 Å². The Hall–Kier alpha value is 1.15. The maximum atomic E-state index is 10.4. The van der Waals surface area contributed by atoms with Gasteiger partial charge < -0.3 is 16.4 Å². The second-order valence-electron chi connectivity index (χ2n) is 1.95. The van der Waals surface area contributed by atoms with Gasteiger partial charge in [-0.05, 0) is 19.4 Å². The number of carbonyl (C=O) groups excluding carboxylic acids is 1. The van der Waals surface area contributed by atoms with E-state index in [0.29, 0.717) is 19.0 Å². The van der Waals surface area contributed by atoms with Crippen molar-refractivity contribution in [1.82, 2.24) is 0 Å². The fourth-order valence-corrected chi connectivity index (χ4v) is 0.913.